The molecule has 1 aromatic carbocycles. The molecule has 2 unspecified atom stereocenters. The first kappa shape index (κ1) is 11.3. The van der Waals surface area contributed by atoms with Gasteiger partial charge in [0.05, 0.1) is 8.07 Å². The van der Waals surface area contributed by atoms with Crippen molar-refractivity contribution < 1.29 is 0 Å². The highest BCUT2D eigenvalue weighted by Gasteiger charge is 2.52. The smallest absolute Gasteiger partial charge is 0.0652 e. The summed E-state index contributed by atoms with van der Waals surface area (Å²) in [4.78, 5) is 0. The first-order valence-corrected chi connectivity index (χ1v) is 10.6. The van der Waals surface area contributed by atoms with E-state index in [9.17, 15) is 0 Å². The molecule has 2 heterocycles. The third-order valence-electron chi connectivity index (χ3n) is 6.06. The minimum atomic E-state index is -1.11. The molecule has 0 nitrogen and oxygen atoms in total. The zero-order valence-electron chi connectivity index (χ0n) is 12.0. The Morgan fingerprint density at radius 3 is 2.89 bits per heavy atom. The van der Waals surface area contributed by atoms with Crippen LogP contribution in [-0.2, 0) is 18.3 Å². The second-order valence-corrected chi connectivity index (χ2v) is 12.1. The summed E-state index contributed by atoms with van der Waals surface area (Å²) in [5.74, 6) is 0. The van der Waals surface area contributed by atoms with Crippen LogP contribution in [0.4, 0.5) is 0 Å². The lowest BCUT2D eigenvalue weighted by Gasteiger charge is -2.34. The van der Waals surface area contributed by atoms with E-state index in [0.717, 1.165) is 0 Å². The van der Waals surface area contributed by atoms with Gasteiger partial charge in [0.2, 0.25) is 0 Å². The van der Waals surface area contributed by atoms with E-state index >= 15 is 0 Å². The van der Waals surface area contributed by atoms with E-state index in [-0.39, 0.29) is 0 Å². The van der Waals surface area contributed by atoms with Gasteiger partial charge in [-0.2, -0.15) is 0 Å². The van der Waals surface area contributed by atoms with E-state index in [2.05, 4.69) is 26.5 Å². The van der Waals surface area contributed by atoms with Crippen molar-refractivity contribution in [3.63, 3.8) is 0 Å². The Labute approximate surface area is 112 Å². The zero-order valence-corrected chi connectivity index (χ0v) is 13.0. The van der Waals surface area contributed by atoms with Crippen LogP contribution in [-0.4, -0.2) is 8.07 Å². The SMILES string of the molecule is Cc1cc2c3c4c1CCCC4(C)C[Si]3(C)CCC2. The molecule has 0 aromatic heterocycles. The van der Waals surface area contributed by atoms with E-state index in [1.807, 2.05) is 10.8 Å². The molecule has 1 aromatic rings. The fourth-order valence-electron chi connectivity index (χ4n) is 5.59. The van der Waals surface area contributed by atoms with Gasteiger partial charge in [0, 0.05) is 0 Å². The van der Waals surface area contributed by atoms with Crippen LogP contribution >= 0.6 is 0 Å². The quantitative estimate of drug-likeness (QED) is 0.619. The lowest BCUT2D eigenvalue weighted by Crippen LogP contribution is -2.46. The van der Waals surface area contributed by atoms with Crippen molar-refractivity contribution >= 4 is 13.3 Å². The molecule has 0 N–H and O–H groups in total. The van der Waals surface area contributed by atoms with Crippen molar-refractivity contribution in [3.8, 4) is 0 Å². The summed E-state index contributed by atoms with van der Waals surface area (Å²) in [6, 6.07) is 5.68. The molecule has 96 valence electrons. The van der Waals surface area contributed by atoms with Crippen LogP contribution in [0.15, 0.2) is 6.07 Å². The fraction of sp³-hybridized carbons (Fsp3) is 0.647. The van der Waals surface area contributed by atoms with Gasteiger partial charge in [0.1, 0.15) is 0 Å². The molecular weight excluding hydrogens is 232 g/mol. The van der Waals surface area contributed by atoms with Crippen LogP contribution in [0.5, 0.6) is 0 Å². The molecule has 1 aliphatic carbocycles. The second-order valence-electron chi connectivity index (χ2n) is 7.59. The van der Waals surface area contributed by atoms with Gasteiger partial charge in [0.15, 0.2) is 0 Å². The summed E-state index contributed by atoms with van der Waals surface area (Å²) >= 11 is 0. The Morgan fingerprint density at radius 2 is 2.06 bits per heavy atom. The highest BCUT2D eigenvalue weighted by atomic mass is 28.3. The van der Waals surface area contributed by atoms with Gasteiger partial charge >= 0.3 is 0 Å². The van der Waals surface area contributed by atoms with Crippen LogP contribution in [0, 0.1) is 6.92 Å². The summed E-state index contributed by atoms with van der Waals surface area (Å²) in [7, 11) is -1.11. The molecule has 0 amide bonds. The highest BCUT2D eigenvalue weighted by molar-refractivity contribution is 6.93. The lowest BCUT2D eigenvalue weighted by atomic mass is 9.71. The van der Waals surface area contributed by atoms with Gasteiger partial charge < -0.3 is 0 Å². The van der Waals surface area contributed by atoms with Gasteiger partial charge in [0.25, 0.3) is 0 Å². The predicted molar refractivity (Wildman–Crippen MR) is 80.7 cm³/mol. The molecule has 0 bridgehead atoms. The molecular formula is C17H24Si. The summed E-state index contributed by atoms with van der Waals surface area (Å²) in [6.45, 7) is 7.63. The van der Waals surface area contributed by atoms with Gasteiger partial charge in [-0.1, -0.05) is 37.2 Å². The van der Waals surface area contributed by atoms with Gasteiger partial charge in [-0.15, -0.1) is 0 Å². The van der Waals surface area contributed by atoms with Gasteiger partial charge in [-0.05, 0) is 66.3 Å². The molecule has 18 heavy (non-hydrogen) atoms. The van der Waals surface area contributed by atoms with Crippen LogP contribution < -0.4 is 5.19 Å². The second kappa shape index (κ2) is 3.30. The van der Waals surface area contributed by atoms with Crippen molar-refractivity contribution in [1.29, 1.82) is 0 Å². The first-order valence-electron chi connectivity index (χ1n) is 7.70. The predicted octanol–water partition coefficient (Wildman–Crippen LogP) is 3.83. The highest BCUT2D eigenvalue weighted by Crippen LogP contribution is 2.51. The summed E-state index contributed by atoms with van der Waals surface area (Å²) in [5, 5.41) is 1.94. The van der Waals surface area contributed by atoms with Crippen molar-refractivity contribution in [2.24, 2.45) is 0 Å². The lowest BCUT2D eigenvalue weighted by molar-refractivity contribution is 0.437. The Bertz CT molecular complexity index is 545. The maximum Gasteiger partial charge on any atom is 0.0853 e. The van der Waals surface area contributed by atoms with Crippen molar-refractivity contribution in [3.05, 3.63) is 28.3 Å². The van der Waals surface area contributed by atoms with Gasteiger partial charge in [-0.25, -0.2) is 0 Å². The average Bonchev–Trinajstić information content (AvgIpc) is 2.54. The maximum atomic E-state index is 2.68. The molecule has 4 rings (SSSR count). The molecule has 0 saturated heterocycles. The summed E-state index contributed by atoms with van der Waals surface area (Å²) < 4.78 is 0. The Hall–Kier alpha value is -0.563. The molecule has 1 heteroatoms. The molecule has 0 spiro atoms. The van der Waals surface area contributed by atoms with Crippen LogP contribution in [0.3, 0.4) is 0 Å². The van der Waals surface area contributed by atoms with Crippen LogP contribution in [0.1, 0.15) is 48.4 Å². The fourth-order valence-corrected chi connectivity index (χ4v) is 11.3. The minimum Gasteiger partial charge on any atom is -0.0652 e. The number of benzene rings is 1. The van der Waals surface area contributed by atoms with Crippen LogP contribution in [0.25, 0.3) is 0 Å². The number of hydrogen-bond acceptors (Lipinski definition) is 0. The van der Waals surface area contributed by atoms with Gasteiger partial charge in [-0.3, -0.25) is 0 Å². The number of hydrogen-bond donors (Lipinski definition) is 0. The molecule has 2 aliphatic heterocycles. The maximum absolute atomic E-state index is 2.68. The molecule has 0 fully saturated rings. The van der Waals surface area contributed by atoms with E-state index in [1.54, 1.807) is 28.8 Å². The third-order valence-corrected chi connectivity index (χ3v) is 10.9. The third kappa shape index (κ3) is 1.22. The Balaban J connectivity index is 2.11. The average molecular weight is 256 g/mol. The van der Waals surface area contributed by atoms with E-state index in [4.69, 9.17) is 0 Å². The summed E-state index contributed by atoms with van der Waals surface area (Å²) in [5.41, 5.74) is 7.57. The Morgan fingerprint density at radius 1 is 1.22 bits per heavy atom. The van der Waals surface area contributed by atoms with Crippen LogP contribution in [0.2, 0.25) is 18.6 Å². The standard InChI is InChI=1S/C17H24Si/c1-12-10-13-6-5-9-18(3)11-17(2)8-4-7-14(12)15(17)16(13)18/h10H,4-9,11H2,1-3H3. The molecule has 2 atom stereocenters. The molecule has 0 radical (unpaired) electrons. The van der Waals surface area contributed by atoms with E-state index in [1.165, 1.54) is 32.1 Å². The zero-order chi connectivity index (χ0) is 12.5. The molecule has 3 aliphatic rings. The normalized spacial score (nSPS) is 36.6. The minimum absolute atomic E-state index is 0.564. The monoisotopic (exact) mass is 256 g/mol. The van der Waals surface area contributed by atoms with Crippen molar-refractivity contribution in [1.82, 2.24) is 0 Å². The van der Waals surface area contributed by atoms with E-state index < -0.39 is 8.07 Å². The number of aryl methyl sites for hydroxylation is 2. The van der Waals surface area contributed by atoms with Crippen molar-refractivity contribution in [2.45, 2.75) is 70.0 Å². The summed E-state index contributed by atoms with van der Waals surface area (Å²) in [6.07, 6.45) is 7.06. The molecule has 0 saturated carbocycles. The topological polar surface area (TPSA) is 0 Å². The largest absolute Gasteiger partial charge is 0.0853 e. The number of rotatable bonds is 0. The van der Waals surface area contributed by atoms with Crippen molar-refractivity contribution in [2.75, 3.05) is 0 Å². The van der Waals surface area contributed by atoms with E-state index in [0.29, 0.717) is 5.41 Å². The first-order chi connectivity index (χ1) is 8.54. The Kier molecular flexibility index (Phi) is 2.07.